The average molecular weight is 324 g/mol. The summed E-state index contributed by atoms with van der Waals surface area (Å²) in [6.45, 7) is 1.17. The molecule has 0 unspecified atom stereocenters. The van der Waals surface area contributed by atoms with Crippen LogP contribution in [0.1, 0.15) is 6.92 Å². The van der Waals surface area contributed by atoms with E-state index in [1.54, 1.807) is 12.1 Å². The van der Waals surface area contributed by atoms with E-state index >= 15 is 0 Å². The number of rotatable bonds is 5. The van der Waals surface area contributed by atoms with Crippen LogP contribution in [0.15, 0.2) is 23.9 Å². The van der Waals surface area contributed by atoms with Gasteiger partial charge in [-0.25, -0.2) is 0 Å². The van der Waals surface area contributed by atoms with Gasteiger partial charge in [0.1, 0.15) is 23.1 Å². The number of anilines is 1. The van der Waals surface area contributed by atoms with E-state index in [0.29, 0.717) is 22.2 Å². The zero-order valence-electron chi connectivity index (χ0n) is 12.2. The molecule has 0 aliphatic carbocycles. The molecule has 0 spiro atoms. The summed E-state index contributed by atoms with van der Waals surface area (Å²) in [4.78, 5) is 22.4. The number of nitrogens with one attached hydrogen (secondary N) is 2. The van der Waals surface area contributed by atoms with Gasteiger partial charge in [0.2, 0.25) is 5.91 Å². The van der Waals surface area contributed by atoms with E-state index < -0.39 is 11.8 Å². The number of methoxy groups -OCH3 is 2. The second kappa shape index (κ2) is 7.90. The number of nitrogens with zero attached hydrogens (tertiary/aromatic N) is 1. The van der Waals surface area contributed by atoms with E-state index in [2.05, 4.69) is 5.32 Å². The van der Waals surface area contributed by atoms with Crippen LogP contribution in [-0.2, 0) is 9.59 Å². The van der Waals surface area contributed by atoms with E-state index in [1.165, 1.54) is 27.2 Å². The standard InChI is InChI=1S/C14H14ClN3O4/c1-8(19)18-14(20)9(6-16)7-17-11-5-12(21-2)10(15)4-13(11)22-3/h4-5,7,17H,1-3H3,(H,18,19,20)/b9-7+. The quantitative estimate of drug-likeness (QED) is 0.633. The molecule has 8 heteroatoms. The van der Waals surface area contributed by atoms with Gasteiger partial charge >= 0.3 is 0 Å². The van der Waals surface area contributed by atoms with Crippen LogP contribution >= 0.6 is 11.6 Å². The Morgan fingerprint density at radius 3 is 2.41 bits per heavy atom. The molecule has 0 aliphatic rings. The van der Waals surface area contributed by atoms with Crippen LogP contribution in [0.3, 0.4) is 0 Å². The Morgan fingerprint density at radius 2 is 1.91 bits per heavy atom. The Balaban J connectivity index is 3.07. The average Bonchev–Trinajstić information content (AvgIpc) is 2.47. The highest BCUT2D eigenvalue weighted by Crippen LogP contribution is 2.35. The Bertz CT molecular complexity index is 665. The Hall–Kier alpha value is -2.72. The minimum atomic E-state index is -0.803. The Kier molecular flexibility index (Phi) is 6.23. The molecule has 2 N–H and O–H groups in total. The zero-order chi connectivity index (χ0) is 16.7. The van der Waals surface area contributed by atoms with E-state index in [9.17, 15) is 9.59 Å². The van der Waals surface area contributed by atoms with Crippen molar-refractivity contribution in [2.45, 2.75) is 6.92 Å². The number of imide groups is 1. The third-order valence-electron chi connectivity index (χ3n) is 2.50. The van der Waals surface area contributed by atoms with Crippen LogP contribution in [0.4, 0.5) is 5.69 Å². The van der Waals surface area contributed by atoms with Crippen molar-refractivity contribution in [3.8, 4) is 17.6 Å². The molecule has 0 bridgehead atoms. The van der Waals surface area contributed by atoms with Gasteiger partial charge in [-0.05, 0) is 0 Å². The first-order chi connectivity index (χ1) is 10.4. The van der Waals surface area contributed by atoms with Gasteiger partial charge in [-0.15, -0.1) is 0 Å². The highest BCUT2D eigenvalue weighted by Gasteiger charge is 2.12. The van der Waals surface area contributed by atoms with Crippen molar-refractivity contribution in [1.29, 1.82) is 5.26 Å². The summed E-state index contributed by atoms with van der Waals surface area (Å²) in [6, 6.07) is 4.77. The van der Waals surface area contributed by atoms with Crippen LogP contribution in [-0.4, -0.2) is 26.0 Å². The number of nitriles is 1. The van der Waals surface area contributed by atoms with Gasteiger partial charge in [0.15, 0.2) is 0 Å². The summed E-state index contributed by atoms with van der Waals surface area (Å²) in [5, 5.41) is 14.1. The number of amides is 2. The molecule has 1 rings (SSSR count). The maximum atomic E-state index is 11.6. The lowest BCUT2D eigenvalue weighted by atomic mass is 10.2. The van der Waals surface area contributed by atoms with Gasteiger partial charge in [-0.3, -0.25) is 14.9 Å². The molecule has 0 aromatic heterocycles. The molecule has 0 heterocycles. The fourth-order valence-corrected chi connectivity index (χ4v) is 1.73. The van der Waals surface area contributed by atoms with E-state index in [1.807, 2.05) is 5.32 Å². The van der Waals surface area contributed by atoms with Crippen molar-refractivity contribution in [1.82, 2.24) is 5.32 Å². The largest absolute Gasteiger partial charge is 0.495 e. The highest BCUT2D eigenvalue weighted by molar-refractivity contribution is 6.32. The number of halogens is 1. The SMILES string of the molecule is COc1cc(N/C=C(\C#N)C(=O)NC(C)=O)c(OC)cc1Cl. The normalized spacial score (nSPS) is 10.4. The first-order valence-electron chi connectivity index (χ1n) is 6.03. The first kappa shape index (κ1) is 17.3. The van der Waals surface area contributed by atoms with Gasteiger partial charge in [-0.1, -0.05) is 11.6 Å². The molecule has 0 saturated carbocycles. The second-order valence-electron chi connectivity index (χ2n) is 4.01. The molecular formula is C14H14ClN3O4. The first-order valence-corrected chi connectivity index (χ1v) is 6.41. The van der Waals surface area contributed by atoms with Gasteiger partial charge in [0.25, 0.3) is 5.91 Å². The summed E-state index contributed by atoms with van der Waals surface area (Å²) < 4.78 is 10.2. The van der Waals surface area contributed by atoms with Crippen molar-refractivity contribution >= 4 is 29.1 Å². The number of hydrogen-bond donors (Lipinski definition) is 2. The molecule has 7 nitrogen and oxygen atoms in total. The number of carbonyl (C=O) groups excluding carboxylic acids is 2. The zero-order valence-corrected chi connectivity index (χ0v) is 12.9. The Labute approximate surface area is 132 Å². The van der Waals surface area contributed by atoms with Gasteiger partial charge in [-0.2, -0.15) is 5.26 Å². The minimum Gasteiger partial charge on any atom is -0.495 e. The van der Waals surface area contributed by atoms with Crippen molar-refractivity contribution in [2.24, 2.45) is 0 Å². The maximum Gasteiger partial charge on any atom is 0.269 e. The van der Waals surface area contributed by atoms with Crippen molar-refractivity contribution in [2.75, 3.05) is 19.5 Å². The van der Waals surface area contributed by atoms with Crippen molar-refractivity contribution in [3.63, 3.8) is 0 Å². The molecule has 0 radical (unpaired) electrons. The van der Waals surface area contributed by atoms with E-state index in [4.69, 9.17) is 26.3 Å². The third kappa shape index (κ3) is 4.40. The Morgan fingerprint density at radius 1 is 1.27 bits per heavy atom. The number of carbonyl (C=O) groups is 2. The molecular weight excluding hydrogens is 310 g/mol. The molecule has 0 atom stereocenters. The predicted molar refractivity (Wildman–Crippen MR) is 80.7 cm³/mol. The van der Waals surface area contributed by atoms with E-state index in [-0.39, 0.29) is 5.57 Å². The predicted octanol–water partition coefficient (Wildman–Crippen LogP) is 1.84. The number of benzene rings is 1. The third-order valence-corrected chi connectivity index (χ3v) is 2.80. The molecule has 2 amide bonds. The lowest BCUT2D eigenvalue weighted by molar-refractivity contribution is -0.126. The number of ether oxygens (including phenoxy) is 2. The van der Waals surface area contributed by atoms with Crippen LogP contribution in [0.25, 0.3) is 0 Å². The lowest BCUT2D eigenvalue weighted by Gasteiger charge is -2.12. The summed E-state index contributed by atoms with van der Waals surface area (Å²) in [7, 11) is 2.90. The molecule has 116 valence electrons. The fraction of sp³-hybridized carbons (Fsp3) is 0.214. The van der Waals surface area contributed by atoms with Crippen LogP contribution < -0.4 is 20.1 Å². The summed E-state index contributed by atoms with van der Waals surface area (Å²) in [5.41, 5.74) is 0.165. The second-order valence-corrected chi connectivity index (χ2v) is 4.42. The fourth-order valence-electron chi connectivity index (χ4n) is 1.50. The molecule has 1 aromatic carbocycles. The summed E-state index contributed by atoms with van der Waals surface area (Å²) in [6.07, 6.45) is 1.16. The maximum absolute atomic E-state index is 11.6. The van der Waals surface area contributed by atoms with Crippen LogP contribution in [0.2, 0.25) is 5.02 Å². The number of hydrogen-bond acceptors (Lipinski definition) is 6. The minimum absolute atomic E-state index is 0.272. The molecule has 1 aromatic rings. The molecule has 0 aliphatic heterocycles. The van der Waals surface area contributed by atoms with E-state index in [0.717, 1.165) is 6.20 Å². The lowest BCUT2D eigenvalue weighted by Crippen LogP contribution is -2.29. The molecule has 0 fully saturated rings. The monoisotopic (exact) mass is 323 g/mol. The topological polar surface area (TPSA) is 100 Å². The highest BCUT2D eigenvalue weighted by atomic mass is 35.5. The van der Waals surface area contributed by atoms with Gasteiger partial charge in [0.05, 0.1) is 24.9 Å². The smallest absolute Gasteiger partial charge is 0.269 e. The molecule has 0 saturated heterocycles. The summed E-state index contributed by atoms with van der Waals surface area (Å²) in [5.74, 6) is -0.573. The van der Waals surface area contributed by atoms with Gasteiger partial charge < -0.3 is 14.8 Å². The van der Waals surface area contributed by atoms with Crippen LogP contribution in [0.5, 0.6) is 11.5 Å². The van der Waals surface area contributed by atoms with Gasteiger partial charge in [0, 0.05) is 25.3 Å². The summed E-state index contributed by atoms with van der Waals surface area (Å²) >= 11 is 5.98. The van der Waals surface area contributed by atoms with Crippen molar-refractivity contribution < 1.29 is 19.1 Å². The van der Waals surface area contributed by atoms with Crippen LogP contribution in [0, 0.1) is 11.3 Å². The molecule has 22 heavy (non-hydrogen) atoms. The van der Waals surface area contributed by atoms with Crippen molar-refractivity contribution in [3.05, 3.63) is 28.9 Å².